The summed E-state index contributed by atoms with van der Waals surface area (Å²) in [6, 6.07) is 13.8. The van der Waals surface area contributed by atoms with E-state index in [0.29, 0.717) is 16.7 Å². The molecular formula is C21H20N4OS. The van der Waals surface area contributed by atoms with E-state index in [1.807, 2.05) is 31.3 Å². The van der Waals surface area contributed by atoms with Crippen molar-refractivity contribution in [2.75, 3.05) is 0 Å². The maximum Gasteiger partial charge on any atom is 0.258 e. The number of hydrogen-bond donors (Lipinski definition) is 1. The van der Waals surface area contributed by atoms with Gasteiger partial charge in [-0.3, -0.25) is 9.36 Å². The van der Waals surface area contributed by atoms with Gasteiger partial charge in [-0.05, 0) is 44.5 Å². The third kappa shape index (κ3) is 3.40. The third-order valence-corrected chi connectivity index (χ3v) is 5.61. The number of H-pyrrole nitrogens is 1. The minimum Gasteiger partial charge on any atom is -0.309 e. The molecule has 0 saturated heterocycles. The van der Waals surface area contributed by atoms with E-state index in [1.165, 1.54) is 11.1 Å². The van der Waals surface area contributed by atoms with Crippen LogP contribution in [0.5, 0.6) is 0 Å². The molecule has 0 aliphatic carbocycles. The summed E-state index contributed by atoms with van der Waals surface area (Å²) in [7, 11) is 0. The Hall–Kier alpha value is -2.86. The van der Waals surface area contributed by atoms with E-state index in [0.717, 1.165) is 10.8 Å². The van der Waals surface area contributed by atoms with Gasteiger partial charge < -0.3 is 4.98 Å². The smallest absolute Gasteiger partial charge is 0.258 e. The van der Waals surface area contributed by atoms with E-state index in [-0.39, 0.29) is 10.8 Å². The van der Waals surface area contributed by atoms with E-state index >= 15 is 0 Å². The molecule has 4 rings (SSSR count). The quantitative estimate of drug-likeness (QED) is 0.530. The molecule has 0 saturated carbocycles. The minimum atomic E-state index is -0.110. The van der Waals surface area contributed by atoms with Gasteiger partial charge in [-0.15, -0.1) is 0 Å². The van der Waals surface area contributed by atoms with Crippen LogP contribution in [0.2, 0.25) is 0 Å². The largest absolute Gasteiger partial charge is 0.309 e. The Labute approximate surface area is 161 Å². The SMILES string of the molecule is Cc1ccc(-n2ccnc2S[C@H](C)c2nc3ccccc3c(=O)[nH]2)c(C)c1. The number of nitrogens with one attached hydrogen (secondary N) is 1. The lowest BCUT2D eigenvalue weighted by Gasteiger charge is -2.14. The fourth-order valence-electron chi connectivity index (χ4n) is 3.15. The average Bonchev–Trinajstić information content (AvgIpc) is 3.09. The molecule has 0 aliphatic heterocycles. The summed E-state index contributed by atoms with van der Waals surface area (Å²) >= 11 is 1.57. The van der Waals surface area contributed by atoms with Crippen molar-refractivity contribution in [3.05, 3.63) is 82.2 Å². The molecule has 2 aromatic heterocycles. The average molecular weight is 376 g/mol. The molecule has 1 atom stereocenters. The van der Waals surface area contributed by atoms with Gasteiger partial charge in [0.15, 0.2) is 5.16 Å². The molecular weight excluding hydrogens is 356 g/mol. The van der Waals surface area contributed by atoms with Gasteiger partial charge in [0.2, 0.25) is 0 Å². The van der Waals surface area contributed by atoms with Crippen molar-refractivity contribution < 1.29 is 0 Å². The first kappa shape index (κ1) is 17.5. The van der Waals surface area contributed by atoms with Gasteiger partial charge >= 0.3 is 0 Å². The van der Waals surface area contributed by atoms with Gasteiger partial charge in [-0.25, -0.2) is 9.97 Å². The van der Waals surface area contributed by atoms with Gasteiger partial charge in [-0.2, -0.15) is 0 Å². The van der Waals surface area contributed by atoms with Gasteiger partial charge in [0.1, 0.15) is 5.82 Å². The molecule has 2 aromatic carbocycles. The first-order valence-corrected chi connectivity index (χ1v) is 9.67. The molecule has 2 heterocycles. The predicted octanol–water partition coefficient (Wildman–Crippen LogP) is 4.58. The zero-order valence-corrected chi connectivity index (χ0v) is 16.2. The van der Waals surface area contributed by atoms with E-state index < -0.39 is 0 Å². The first-order valence-electron chi connectivity index (χ1n) is 8.79. The number of thioether (sulfide) groups is 1. The van der Waals surface area contributed by atoms with E-state index in [4.69, 9.17) is 0 Å². The van der Waals surface area contributed by atoms with Gasteiger partial charge in [0.05, 0.1) is 21.8 Å². The Morgan fingerprint density at radius 3 is 2.78 bits per heavy atom. The summed E-state index contributed by atoms with van der Waals surface area (Å²) in [5, 5.41) is 1.43. The molecule has 5 nitrogen and oxygen atoms in total. The van der Waals surface area contributed by atoms with Crippen LogP contribution >= 0.6 is 11.8 Å². The van der Waals surface area contributed by atoms with Gasteiger partial charge in [0.25, 0.3) is 5.56 Å². The number of nitrogens with zero attached hydrogens (tertiary/aromatic N) is 3. The summed E-state index contributed by atoms with van der Waals surface area (Å²) in [6.07, 6.45) is 3.76. The fraction of sp³-hybridized carbons (Fsp3) is 0.190. The van der Waals surface area contributed by atoms with Crippen LogP contribution in [0, 0.1) is 13.8 Å². The number of aromatic amines is 1. The van der Waals surface area contributed by atoms with Crippen LogP contribution in [0.1, 0.15) is 29.1 Å². The number of hydrogen-bond acceptors (Lipinski definition) is 4. The maximum absolute atomic E-state index is 12.3. The topological polar surface area (TPSA) is 63.6 Å². The van der Waals surface area contributed by atoms with Crippen molar-refractivity contribution in [2.45, 2.75) is 31.2 Å². The van der Waals surface area contributed by atoms with Gasteiger partial charge in [0, 0.05) is 12.4 Å². The molecule has 0 spiro atoms. The Balaban J connectivity index is 1.68. The highest BCUT2D eigenvalue weighted by Crippen LogP contribution is 2.33. The number of fused-ring (bicyclic) bond motifs is 1. The van der Waals surface area contributed by atoms with E-state index in [1.54, 1.807) is 24.0 Å². The zero-order valence-electron chi connectivity index (χ0n) is 15.4. The monoisotopic (exact) mass is 376 g/mol. The summed E-state index contributed by atoms with van der Waals surface area (Å²) < 4.78 is 2.08. The van der Waals surface area contributed by atoms with E-state index in [9.17, 15) is 4.79 Å². The van der Waals surface area contributed by atoms with Crippen LogP contribution in [0.25, 0.3) is 16.6 Å². The molecule has 4 aromatic rings. The molecule has 0 unspecified atom stereocenters. The van der Waals surface area contributed by atoms with Crippen molar-refractivity contribution in [1.82, 2.24) is 19.5 Å². The van der Waals surface area contributed by atoms with Crippen molar-refractivity contribution in [3.63, 3.8) is 0 Å². The molecule has 0 amide bonds. The number of aromatic nitrogens is 4. The molecule has 1 N–H and O–H groups in total. The van der Waals surface area contributed by atoms with Crippen molar-refractivity contribution >= 4 is 22.7 Å². The second-order valence-corrected chi connectivity index (χ2v) is 7.91. The van der Waals surface area contributed by atoms with Gasteiger partial charge in [-0.1, -0.05) is 41.6 Å². The summed E-state index contributed by atoms with van der Waals surface area (Å²) in [5.41, 5.74) is 4.13. The molecule has 136 valence electrons. The van der Waals surface area contributed by atoms with E-state index in [2.05, 4.69) is 51.6 Å². The Kier molecular flexibility index (Phi) is 4.58. The second kappa shape index (κ2) is 7.04. The predicted molar refractivity (Wildman–Crippen MR) is 110 cm³/mol. The van der Waals surface area contributed by atoms with Crippen LogP contribution in [-0.2, 0) is 0 Å². The Bertz CT molecular complexity index is 1180. The third-order valence-electron chi connectivity index (χ3n) is 4.52. The number of aryl methyl sites for hydroxylation is 2. The highest BCUT2D eigenvalue weighted by molar-refractivity contribution is 7.99. The molecule has 0 bridgehead atoms. The van der Waals surface area contributed by atoms with Crippen LogP contribution in [0.4, 0.5) is 0 Å². The van der Waals surface area contributed by atoms with Crippen LogP contribution in [0.3, 0.4) is 0 Å². The number of rotatable bonds is 4. The molecule has 6 heteroatoms. The number of imidazole rings is 1. The van der Waals surface area contributed by atoms with Crippen molar-refractivity contribution in [1.29, 1.82) is 0 Å². The lowest BCUT2D eigenvalue weighted by Crippen LogP contribution is -2.13. The highest BCUT2D eigenvalue weighted by atomic mass is 32.2. The summed E-state index contributed by atoms with van der Waals surface area (Å²) in [5.74, 6) is 0.652. The summed E-state index contributed by atoms with van der Waals surface area (Å²) in [6.45, 7) is 6.21. The summed E-state index contributed by atoms with van der Waals surface area (Å²) in [4.78, 5) is 24.4. The minimum absolute atomic E-state index is 0.0470. The first-order chi connectivity index (χ1) is 13.0. The highest BCUT2D eigenvalue weighted by Gasteiger charge is 2.16. The lowest BCUT2D eigenvalue weighted by molar-refractivity contribution is 0.864. The number of benzene rings is 2. The molecule has 0 fully saturated rings. The molecule has 0 radical (unpaired) electrons. The normalized spacial score (nSPS) is 12.4. The fourth-order valence-corrected chi connectivity index (χ4v) is 4.08. The lowest BCUT2D eigenvalue weighted by atomic mass is 10.1. The molecule has 0 aliphatic rings. The second-order valence-electron chi connectivity index (χ2n) is 6.60. The molecule has 27 heavy (non-hydrogen) atoms. The Morgan fingerprint density at radius 2 is 1.96 bits per heavy atom. The zero-order chi connectivity index (χ0) is 19.0. The van der Waals surface area contributed by atoms with Crippen LogP contribution < -0.4 is 5.56 Å². The van der Waals surface area contributed by atoms with Crippen molar-refractivity contribution in [2.24, 2.45) is 0 Å². The number of para-hydroxylation sites is 1. The standard InChI is InChI=1S/C21H20N4OS/c1-13-8-9-18(14(2)12-13)25-11-10-22-21(25)27-15(3)19-23-17-7-5-4-6-16(17)20(26)24-19/h4-12,15H,1-3H3,(H,23,24,26)/t15-/m1/s1. The van der Waals surface area contributed by atoms with Crippen LogP contribution in [-0.4, -0.2) is 19.5 Å². The Morgan fingerprint density at radius 1 is 1.15 bits per heavy atom. The maximum atomic E-state index is 12.3. The van der Waals surface area contributed by atoms with Crippen molar-refractivity contribution in [3.8, 4) is 5.69 Å². The van der Waals surface area contributed by atoms with Crippen LogP contribution in [0.15, 0.2) is 64.8 Å².